The number of aromatic nitrogens is 4. The molecule has 1 aromatic heterocycles. The van der Waals surface area contributed by atoms with Gasteiger partial charge in [0.15, 0.2) is 0 Å². The number of benzene rings is 1. The van der Waals surface area contributed by atoms with Crippen molar-refractivity contribution < 1.29 is 4.79 Å². The average Bonchev–Trinajstić information content (AvgIpc) is 3.11. The molecule has 21 heavy (non-hydrogen) atoms. The molecule has 1 aliphatic rings. The maximum atomic E-state index is 11.9. The van der Waals surface area contributed by atoms with Crippen molar-refractivity contribution in [3.05, 3.63) is 28.7 Å². The number of carbonyl (C=O) groups excluding carboxylic acids is 1. The first kappa shape index (κ1) is 14.2. The molecule has 1 saturated carbocycles. The van der Waals surface area contributed by atoms with Gasteiger partial charge < -0.3 is 5.32 Å². The predicted octanol–water partition coefficient (Wildman–Crippen LogP) is 2.16. The number of nitrogens with zero attached hydrogens (tertiary/aromatic N) is 4. The summed E-state index contributed by atoms with van der Waals surface area (Å²) >= 11 is 3.38. The van der Waals surface area contributed by atoms with Crippen LogP contribution in [0, 0.1) is 0 Å². The van der Waals surface area contributed by atoms with Crippen LogP contribution in [0.3, 0.4) is 0 Å². The first-order chi connectivity index (χ1) is 10.2. The Morgan fingerprint density at radius 3 is 2.71 bits per heavy atom. The monoisotopic (exact) mass is 349 g/mol. The van der Waals surface area contributed by atoms with Crippen LogP contribution in [0.5, 0.6) is 0 Å². The van der Waals surface area contributed by atoms with Crippen LogP contribution in [0.25, 0.3) is 11.4 Å². The van der Waals surface area contributed by atoms with Gasteiger partial charge in [0.25, 0.3) is 0 Å². The minimum absolute atomic E-state index is 0.0540. The molecule has 0 saturated heterocycles. The largest absolute Gasteiger partial charge is 0.352 e. The van der Waals surface area contributed by atoms with Crippen LogP contribution in [-0.4, -0.2) is 32.2 Å². The Hall–Kier alpha value is -1.76. The average molecular weight is 350 g/mol. The predicted molar refractivity (Wildman–Crippen MR) is 81.4 cm³/mol. The van der Waals surface area contributed by atoms with E-state index in [4.69, 9.17) is 0 Å². The highest BCUT2D eigenvalue weighted by molar-refractivity contribution is 9.10. The smallest absolute Gasteiger partial charge is 0.243 e. The standard InChI is InChI=1S/C14H16BrN5O/c15-11-7-5-10(6-8-11)14-17-19-20(18-14)9-13(21)16-12-3-1-2-4-12/h5-8,12H,1-4,9H2,(H,16,21). The van der Waals surface area contributed by atoms with Crippen LogP contribution < -0.4 is 5.32 Å². The molecule has 1 heterocycles. The van der Waals surface area contributed by atoms with E-state index in [-0.39, 0.29) is 12.5 Å². The molecule has 1 fully saturated rings. The molecule has 0 atom stereocenters. The topological polar surface area (TPSA) is 72.7 Å². The van der Waals surface area contributed by atoms with Gasteiger partial charge in [0.2, 0.25) is 11.7 Å². The van der Waals surface area contributed by atoms with Crippen molar-refractivity contribution >= 4 is 21.8 Å². The molecule has 0 spiro atoms. The van der Waals surface area contributed by atoms with E-state index in [2.05, 4.69) is 36.7 Å². The van der Waals surface area contributed by atoms with E-state index < -0.39 is 0 Å². The Morgan fingerprint density at radius 1 is 1.29 bits per heavy atom. The molecular formula is C14H16BrN5O. The summed E-state index contributed by atoms with van der Waals surface area (Å²) in [7, 11) is 0. The molecule has 3 rings (SSSR count). The summed E-state index contributed by atoms with van der Waals surface area (Å²) in [6.45, 7) is 0.111. The van der Waals surface area contributed by atoms with E-state index in [0.29, 0.717) is 11.9 Å². The fourth-order valence-corrected chi connectivity index (χ4v) is 2.76. The van der Waals surface area contributed by atoms with Crippen LogP contribution in [0.4, 0.5) is 0 Å². The lowest BCUT2D eigenvalue weighted by atomic mass is 10.2. The van der Waals surface area contributed by atoms with E-state index in [9.17, 15) is 4.79 Å². The minimum Gasteiger partial charge on any atom is -0.352 e. The Balaban J connectivity index is 1.61. The van der Waals surface area contributed by atoms with Crippen molar-refractivity contribution in [3.63, 3.8) is 0 Å². The molecule has 110 valence electrons. The second-order valence-electron chi connectivity index (χ2n) is 5.20. The molecule has 1 N–H and O–H groups in total. The van der Waals surface area contributed by atoms with Crippen LogP contribution in [-0.2, 0) is 11.3 Å². The fourth-order valence-electron chi connectivity index (χ4n) is 2.50. The molecule has 6 nitrogen and oxygen atoms in total. The van der Waals surface area contributed by atoms with Crippen molar-refractivity contribution in [1.29, 1.82) is 0 Å². The van der Waals surface area contributed by atoms with Crippen molar-refractivity contribution in [3.8, 4) is 11.4 Å². The third-order valence-electron chi connectivity index (χ3n) is 3.56. The summed E-state index contributed by atoms with van der Waals surface area (Å²) < 4.78 is 0.995. The van der Waals surface area contributed by atoms with Gasteiger partial charge in [0, 0.05) is 16.1 Å². The zero-order valence-corrected chi connectivity index (χ0v) is 13.1. The first-order valence-electron chi connectivity index (χ1n) is 7.04. The summed E-state index contributed by atoms with van der Waals surface area (Å²) in [6.07, 6.45) is 4.53. The third-order valence-corrected chi connectivity index (χ3v) is 4.09. The van der Waals surface area contributed by atoms with Gasteiger partial charge in [0.1, 0.15) is 6.54 Å². The van der Waals surface area contributed by atoms with E-state index in [1.807, 2.05) is 24.3 Å². The summed E-state index contributed by atoms with van der Waals surface area (Å²) in [4.78, 5) is 13.2. The van der Waals surface area contributed by atoms with Crippen molar-refractivity contribution in [1.82, 2.24) is 25.5 Å². The molecular weight excluding hydrogens is 334 g/mol. The van der Waals surface area contributed by atoms with Crippen LogP contribution in [0.15, 0.2) is 28.7 Å². The maximum absolute atomic E-state index is 11.9. The lowest BCUT2D eigenvalue weighted by Gasteiger charge is -2.10. The first-order valence-corrected chi connectivity index (χ1v) is 7.83. The molecule has 2 aromatic rings. The van der Waals surface area contributed by atoms with Crippen LogP contribution >= 0.6 is 15.9 Å². The van der Waals surface area contributed by atoms with Crippen LogP contribution in [0.1, 0.15) is 25.7 Å². The molecule has 1 aromatic carbocycles. The number of hydrogen-bond acceptors (Lipinski definition) is 4. The van der Waals surface area contributed by atoms with Gasteiger partial charge in [-0.1, -0.05) is 28.8 Å². The van der Waals surface area contributed by atoms with Crippen molar-refractivity contribution in [2.24, 2.45) is 0 Å². The Kier molecular flexibility index (Phi) is 4.28. The molecule has 1 aliphatic carbocycles. The molecule has 0 aliphatic heterocycles. The minimum atomic E-state index is -0.0540. The van der Waals surface area contributed by atoms with Gasteiger partial charge >= 0.3 is 0 Å². The van der Waals surface area contributed by atoms with Gasteiger partial charge in [-0.3, -0.25) is 4.79 Å². The van der Waals surface area contributed by atoms with E-state index in [1.54, 1.807) is 0 Å². The number of amides is 1. The fraction of sp³-hybridized carbons (Fsp3) is 0.429. The van der Waals surface area contributed by atoms with E-state index in [1.165, 1.54) is 17.6 Å². The van der Waals surface area contributed by atoms with Gasteiger partial charge in [-0.25, -0.2) is 0 Å². The molecule has 0 unspecified atom stereocenters. The van der Waals surface area contributed by atoms with E-state index >= 15 is 0 Å². The molecule has 1 amide bonds. The number of nitrogens with one attached hydrogen (secondary N) is 1. The van der Waals surface area contributed by atoms with Gasteiger partial charge in [-0.05, 0) is 42.3 Å². The highest BCUT2D eigenvalue weighted by Gasteiger charge is 2.18. The van der Waals surface area contributed by atoms with Crippen molar-refractivity contribution in [2.45, 2.75) is 38.3 Å². The number of carbonyl (C=O) groups is 1. The van der Waals surface area contributed by atoms with Gasteiger partial charge in [-0.15, -0.1) is 10.2 Å². The maximum Gasteiger partial charge on any atom is 0.243 e. The molecule has 0 radical (unpaired) electrons. The third kappa shape index (κ3) is 3.66. The van der Waals surface area contributed by atoms with Crippen LogP contribution in [0.2, 0.25) is 0 Å². The number of halogens is 1. The summed E-state index contributed by atoms with van der Waals surface area (Å²) in [5.74, 6) is 0.470. The van der Waals surface area contributed by atoms with Gasteiger partial charge in [-0.2, -0.15) is 4.80 Å². The summed E-state index contributed by atoms with van der Waals surface area (Å²) in [5.41, 5.74) is 0.876. The summed E-state index contributed by atoms with van der Waals surface area (Å²) in [6, 6.07) is 7.96. The second-order valence-corrected chi connectivity index (χ2v) is 6.11. The molecule has 0 bridgehead atoms. The Labute approximate surface area is 131 Å². The number of hydrogen-bond donors (Lipinski definition) is 1. The zero-order chi connectivity index (χ0) is 14.7. The SMILES string of the molecule is O=C(Cn1nnc(-c2ccc(Br)cc2)n1)NC1CCCC1. The lowest BCUT2D eigenvalue weighted by molar-refractivity contribution is -0.122. The highest BCUT2D eigenvalue weighted by Crippen LogP contribution is 2.18. The number of tetrazole rings is 1. The Bertz CT molecular complexity index is 619. The second kappa shape index (κ2) is 6.34. The lowest BCUT2D eigenvalue weighted by Crippen LogP contribution is -2.35. The summed E-state index contributed by atoms with van der Waals surface area (Å²) in [5, 5.41) is 15.2. The zero-order valence-electron chi connectivity index (χ0n) is 11.5. The van der Waals surface area contributed by atoms with Gasteiger partial charge in [0.05, 0.1) is 0 Å². The number of rotatable bonds is 4. The highest BCUT2D eigenvalue weighted by atomic mass is 79.9. The normalized spacial score (nSPS) is 15.3. The Morgan fingerprint density at radius 2 is 2.00 bits per heavy atom. The van der Waals surface area contributed by atoms with Crippen molar-refractivity contribution in [2.75, 3.05) is 0 Å². The van der Waals surface area contributed by atoms with E-state index in [0.717, 1.165) is 22.9 Å². The molecule has 7 heteroatoms. The quantitative estimate of drug-likeness (QED) is 0.917.